The van der Waals surface area contributed by atoms with Gasteiger partial charge < -0.3 is 24.5 Å². The standard InChI is InChI=1S/C23H23ClN4O4/c1-32-23(31)22-21(16-8-15(24)5-6-17(16)25-22)26-19(29)12-27-9-13-7-14(11-27)18-3-2-4-20(30)28(18)10-13/h2-6,8,13-14,25H,7,9-12H2,1H3,(H,26,29)/p+1/t13-,14-/m1/s1. The molecule has 4 heterocycles. The van der Waals surface area contributed by atoms with Gasteiger partial charge in [-0.2, -0.15) is 0 Å². The van der Waals surface area contributed by atoms with Crippen molar-refractivity contribution in [3.05, 3.63) is 63.2 Å². The van der Waals surface area contributed by atoms with Gasteiger partial charge in [-0.15, -0.1) is 0 Å². The van der Waals surface area contributed by atoms with E-state index in [4.69, 9.17) is 16.3 Å². The monoisotopic (exact) mass is 455 g/mol. The van der Waals surface area contributed by atoms with Crippen molar-refractivity contribution < 1.29 is 19.2 Å². The van der Waals surface area contributed by atoms with Gasteiger partial charge in [-0.3, -0.25) is 9.59 Å². The molecule has 0 radical (unpaired) electrons. The predicted molar refractivity (Wildman–Crippen MR) is 120 cm³/mol. The largest absolute Gasteiger partial charge is 0.464 e. The lowest BCUT2D eigenvalue weighted by Gasteiger charge is -2.40. The highest BCUT2D eigenvalue weighted by atomic mass is 35.5. The summed E-state index contributed by atoms with van der Waals surface area (Å²) in [6, 6.07) is 10.6. The lowest BCUT2D eigenvalue weighted by Crippen LogP contribution is -3.15. The first-order valence-corrected chi connectivity index (χ1v) is 11.0. The molecule has 32 heavy (non-hydrogen) atoms. The minimum Gasteiger partial charge on any atom is -0.464 e. The van der Waals surface area contributed by atoms with Gasteiger partial charge in [0.15, 0.2) is 6.54 Å². The van der Waals surface area contributed by atoms with E-state index in [-0.39, 0.29) is 29.6 Å². The molecule has 0 saturated carbocycles. The number of carbonyl (C=O) groups excluding carboxylic acids is 2. The van der Waals surface area contributed by atoms with E-state index in [0.29, 0.717) is 34.1 Å². The number of nitrogens with zero attached hydrogens (tertiary/aromatic N) is 1. The van der Waals surface area contributed by atoms with Crippen molar-refractivity contribution in [3.63, 3.8) is 0 Å². The molecule has 2 aromatic heterocycles. The fraction of sp³-hybridized carbons (Fsp3) is 0.348. The number of H-pyrrole nitrogens is 1. The minimum atomic E-state index is -0.561. The van der Waals surface area contributed by atoms with Gasteiger partial charge in [0, 0.05) is 46.1 Å². The zero-order valence-corrected chi connectivity index (χ0v) is 18.4. The fourth-order valence-corrected chi connectivity index (χ4v) is 5.40. The maximum absolute atomic E-state index is 13.0. The fourth-order valence-electron chi connectivity index (χ4n) is 5.22. The number of methoxy groups -OCH3 is 1. The van der Waals surface area contributed by atoms with E-state index in [1.165, 1.54) is 12.0 Å². The van der Waals surface area contributed by atoms with Crippen molar-refractivity contribution in [2.45, 2.75) is 18.9 Å². The summed E-state index contributed by atoms with van der Waals surface area (Å²) < 4.78 is 6.76. The summed E-state index contributed by atoms with van der Waals surface area (Å²) in [4.78, 5) is 41.7. The SMILES string of the molecule is COC(=O)c1[nH]c2ccc(Cl)cc2c1NC(=O)C[NH+]1C[C@H]2C[C@H](C1)c1cccc(=O)n1C2. The quantitative estimate of drug-likeness (QED) is 0.518. The second-order valence-corrected chi connectivity index (χ2v) is 9.07. The Bertz CT molecular complexity index is 1280. The number of likely N-dealkylation sites (tertiary alicyclic amines) is 1. The Morgan fingerprint density at radius 3 is 2.94 bits per heavy atom. The molecule has 9 heteroatoms. The highest BCUT2D eigenvalue weighted by Gasteiger charge is 2.37. The number of piperidine rings is 1. The van der Waals surface area contributed by atoms with Crippen molar-refractivity contribution >= 4 is 40.1 Å². The number of quaternary nitrogens is 1. The molecule has 1 amide bonds. The number of hydrogen-bond donors (Lipinski definition) is 3. The van der Waals surface area contributed by atoms with Crippen molar-refractivity contribution in [2.24, 2.45) is 5.92 Å². The van der Waals surface area contributed by atoms with E-state index in [9.17, 15) is 14.4 Å². The Balaban J connectivity index is 1.36. The molecular weight excluding hydrogens is 432 g/mol. The van der Waals surface area contributed by atoms with Crippen LogP contribution in [0.1, 0.15) is 28.5 Å². The van der Waals surface area contributed by atoms with Gasteiger partial charge in [0.05, 0.1) is 25.9 Å². The van der Waals surface area contributed by atoms with Crippen LogP contribution in [-0.2, 0) is 16.1 Å². The lowest BCUT2D eigenvalue weighted by molar-refractivity contribution is -0.903. The van der Waals surface area contributed by atoms with Crippen LogP contribution in [0.3, 0.4) is 0 Å². The van der Waals surface area contributed by atoms with Crippen LogP contribution in [0.15, 0.2) is 41.2 Å². The molecular formula is C23H24ClN4O4+. The number of halogens is 1. The Labute approximate surface area is 189 Å². The van der Waals surface area contributed by atoms with Crippen molar-refractivity contribution in [1.29, 1.82) is 0 Å². The normalized spacial score (nSPS) is 21.8. The predicted octanol–water partition coefficient (Wildman–Crippen LogP) is 1.41. The van der Waals surface area contributed by atoms with E-state index in [1.54, 1.807) is 24.3 Å². The van der Waals surface area contributed by atoms with Crippen LogP contribution >= 0.6 is 11.6 Å². The molecule has 1 aromatic carbocycles. The van der Waals surface area contributed by atoms with Crippen molar-refractivity contribution in [1.82, 2.24) is 9.55 Å². The molecule has 2 aliphatic heterocycles. The third-order valence-electron chi connectivity index (χ3n) is 6.50. The summed E-state index contributed by atoms with van der Waals surface area (Å²) in [5.41, 5.74) is 2.37. The zero-order chi connectivity index (χ0) is 22.4. The van der Waals surface area contributed by atoms with Crippen LogP contribution < -0.4 is 15.8 Å². The van der Waals surface area contributed by atoms with Crippen LogP contribution in [0.4, 0.5) is 5.69 Å². The van der Waals surface area contributed by atoms with Gasteiger partial charge in [-0.25, -0.2) is 4.79 Å². The van der Waals surface area contributed by atoms with Crippen molar-refractivity contribution in [3.8, 4) is 0 Å². The van der Waals surface area contributed by atoms with Crippen LogP contribution in [0.2, 0.25) is 5.02 Å². The first-order chi connectivity index (χ1) is 15.4. The topological polar surface area (TPSA) is 97.6 Å². The van der Waals surface area contributed by atoms with E-state index >= 15 is 0 Å². The Hall–Kier alpha value is -3.10. The van der Waals surface area contributed by atoms with E-state index < -0.39 is 5.97 Å². The van der Waals surface area contributed by atoms with Crippen molar-refractivity contribution in [2.75, 3.05) is 32.1 Å². The number of pyridine rings is 1. The smallest absolute Gasteiger partial charge is 0.356 e. The summed E-state index contributed by atoms with van der Waals surface area (Å²) in [6.07, 6.45) is 1.04. The highest BCUT2D eigenvalue weighted by Crippen LogP contribution is 2.31. The maximum atomic E-state index is 13.0. The molecule has 1 saturated heterocycles. The third kappa shape index (κ3) is 3.69. The summed E-state index contributed by atoms with van der Waals surface area (Å²) >= 11 is 6.14. The average Bonchev–Trinajstić information content (AvgIpc) is 3.11. The molecule has 3 aromatic rings. The lowest BCUT2D eigenvalue weighted by atomic mass is 9.83. The summed E-state index contributed by atoms with van der Waals surface area (Å²) in [5, 5.41) is 4.08. The van der Waals surface area contributed by atoms with Gasteiger partial charge in [-0.1, -0.05) is 17.7 Å². The molecule has 1 unspecified atom stereocenters. The number of esters is 1. The third-order valence-corrected chi connectivity index (χ3v) is 6.73. The number of aromatic nitrogens is 2. The molecule has 2 aliphatic rings. The van der Waals surface area contributed by atoms with E-state index in [1.807, 2.05) is 16.7 Å². The number of rotatable bonds is 4. The number of aromatic amines is 1. The second kappa shape index (κ2) is 8.11. The minimum absolute atomic E-state index is 0.0479. The number of ether oxygens (including phenoxy) is 1. The molecule has 5 rings (SSSR count). The zero-order valence-electron chi connectivity index (χ0n) is 17.6. The van der Waals surface area contributed by atoms with Gasteiger partial charge in [0.2, 0.25) is 0 Å². The van der Waals surface area contributed by atoms with Gasteiger partial charge >= 0.3 is 5.97 Å². The van der Waals surface area contributed by atoms with E-state index in [2.05, 4.69) is 10.3 Å². The van der Waals surface area contributed by atoms with Gasteiger partial charge in [-0.05, 0) is 30.7 Å². The molecule has 3 atom stereocenters. The average molecular weight is 456 g/mol. The van der Waals surface area contributed by atoms with E-state index in [0.717, 1.165) is 25.2 Å². The second-order valence-electron chi connectivity index (χ2n) is 8.64. The first-order valence-electron chi connectivity index (χ1n) is 10.7. The number of hydrogen-bond acceptors (Lipinski definition) is 4. The molecule has 0 aliphatic carbocycles. The maximum Gasteiger partial charge on any atom is 0.356 e. The number of nitrogens with one attached hydrogen (secondary N) is 3. The number of anilines is 1. The molecule has 8 nitrogen and oxygen atoms in total. The van der Waals surface area contributed by atoms with Crippen LogP contribution in [0.5, 0.6) is 0 Å². The Morgan fingerprint density at radius 2 is 2.12 bits per heavy atom. The molecule has 2 bridgehead atoms. The van der Waals surface area contributed by atoms with Gasteiger partial charge in [0.1, 0.15) is 5.69 Å². The molecule has 0 spiro atoms. The summed E-state index contributed by atoms with van der Waals surface area (Å²) in [5.74, 6) is -0.121. The molecule has 3 N–H and O–H groups in total. The molecule has 166 valence electrons. The van der Waals surface area contributed by atoms with Crippen LogP contribution in [0.25, 0.3) is 10.9 Å². The highest BCUT2D eigenvalue weighted by molar-refractivity contribution is 6.31. The number of fused-ring (bicyclic) bond motifs is 5. The number of amides is 1. The number of carbonyl (C=O) groups is 2. The Kier molecular flexibility index (Phi) is 5.27. The number of benzene rings is 1. The molecule has 1 fully saturated rings. The summed E-state index contributed by atoms with van der Waals surface area (Å²) in [7, 11) is 1.30. The van der Waals surface area contributed by atoms with Crippen LogP contribution in [0, 0.1) is 5.92 Å². The van der Waals surface area contributed by atoms with Gasteiger partial charge in [0.25, 0.3) is 11.5 Å². The summed E-state index contributed by atoms with van der Waals surface area (Å²) in [6.45, 7) is 2.59. The Morgan fingerprint density at radius 1 is 1.28 bits per heavy atom. The van der Waals surface area contributed by atoms with Crippen LogP contribution in [-0.4, -0.2) is 48.2 Å². The first kappa shape index (κ1) is 20.8.